The molecule has 0 amide bonds. The highest BCUT2D eigenvalue weighted by Crippen LogP contribution is 2.34. The Kier molecular flexibility index (Phi) is 9.17. The zero-order valence-electron chi connectivity index (χ0n) is 20.5. The predicted molar refractivity (Wildman–Crippen MR) is 137 cm³/mol. The van der Waals surface area contributed by atoms with Gasteiger partial charge in [0.2, 0.25) is 0 Å². The van der Waals surface area contributed by atoms with Crippen LogP contribution in [0.5, 0.6) is 5.75 Å². The Labute approximate surface area is 207 Å². The Bertz CT molecular complexity index is 1090. The Morgan fingerprint density at radius 3 is 2.63 bits per heavy atom. The van der Waals surface area contributed by atoms with Crippen molar-refractivity contribution in [1.82, 2.24) is 9.47 Å². The smallest absolute Gasteiger partial charge is 0.335 e. The van der Waals surface area contributed by atoms with Crippen molar-refractivity contribution < 1.29 is 24.1 Å². The highest BCUT2D eigenvalue weighted by molar-refractivity contribution is 5.88. The van der Waals surface area contributed by atoms with Gasteiger partial charge in [0, 0.05) is 37.3 Å². The maximum absolute atomic E-state index is 11.1. The van der Waals surface area contributed by atoms with Gasteiger partial charge in [0.15, 0.2) is 0 Å². The molecule has 7 nitrogen and oxygen atoms in total. The first-order valence-corrected chi connectivity index (χ1v) is 12.5. The van der Waals surface area contributed by atoms with Crippen LogP contribution in [0.1, 0.15) is 41.1 Å². The fourth-order valence-corrected chi connectivity index (χ4v) is 4.86. The lowest BCUT2D eigenvalue weighted by Gasteiger charge is -2.32. The summed E-state index contributed by atoms with van der Waals surface area (Å²) in [6.45, 7) is 6.52. The van der Waals surface area contributed by atoms with Crippen LogP contribution in [0.25, 0.3) is 10.9 Å². The number of para-hydroxylation sites is 1. The minimum Gasteiger partial charge on any atom is -0.494 e. The molecule has 0 atom stereocenters. The first-order valence-electron chi connectivity index (χ1n) is 12.5. The van der Waals surface area contributed by atoms with Crippen LogP contribution >= 0.6 is 0 Å². The average Bonchev–Trinajstić information content (AvgIpc) is 3.26. The second kappa shape index (κ2) is 12.7. The number of piperidine rings is 1. The van der Waals surface area contributed by atoms with Crippen LogP contribution in [0.15, 0.2) is 54.7 Å². The Hall–Kier alpha value is -2.87. The van der Waals surface area contributed by atoms with Crippen molar-refractivity contribution in [1.29, 1.82) is 0 Å². The van der Waals surface area contributed by atoms with E-state index >= 15 is 0 Å². The minimum atomic E-state index is -0.933. The third kappa shape index (κ3) is 6.84. The molecule has 7 heteroatoms. The van der Waals surface area contributed by atoms with Gasteiger partial charge in [-0.2, -0.15) is 0 Å². The quantitative estimate of drug-likeness (QED) is 0.359. The SMILES string of the molecule is COCCOCCn1cc(C2CCN(CCCOc3cccc(C(=O)O)c3)CC2)c2ccccc21. The molecule has 1 aliphatic rings. The predicted octanol–water partition coefficient (Wildman–Crippen LogP) is 4.65. The van der Waals surface area contributed by atoms with Crippen LogP contribution < -0.4 is 4.74 Å². The van der Waals surface area contributed by atoms with Crippen LogP contribution in [-0.2, 0) is 16.0 Å². The van der Waals surface area contributed by atoms with E-state index in [9.17, 15) is 4.79 Å². The molecule has 1 aliphatic heterocycles. The third-order valence-electron chi connectivity index (χ3n) is 6.72. The standard InChI is InChI=1S/C28H36N2O5/c1-33-18-19-34-17-15-30-21-26(25-8-2-3-9-27(25)30)22-10-13-29(14-11-22)12-5-16-35-24-7-4-6-23(20-24)28(31)32/h2-4,6-9,20-22H,5,10-19H2,1H3,(H,31,32). The van der Waals surface area contributed by atoms with E-state index < -0.39 is 5.97 Å². The molecule has 1 aromatic heterocycles. The van der Waals surface area contributed by atoms with Crippen molar-refractivity contribution in [3.05, 3.63) is 65.9 Å². The molecular formula is C28H36N2O5. The molecule has 1 N–H and O–H groups in total. The lowest BCUT2D eigenvalue weighted by molar-refractivity contribution is 0.0670. The molecule has 3 aromatic rings. The van der Waals surface area contributed by atoms with Gasteiger partial charge in [-0.05, 0) is 68.1 Å². The lowest BCUT2D eigenvalue weighted by Crippen LogP contribution is -2.34. The largest absolute Gasteiger partial charge is 0.494 e. The van der Waals surface area contributed by atoms with Gasteiger partial charge in [0.25, 0.3) is 0 Å². The Morgan fingerprint density at radius 1 is 1.00 bits per heavy atom. The first-order chi connectivity index (χ1) is 17.2. The van der Waals surface area contributed by atoms with E-state index in [4.69, 9.17) is 19.3 Å². The molecule has 2 heterocycles. The van der Waals surface area contributed by atoms with Crippen molar-refractivity contribution in [2.75, 3.05) is 53.2 Å². The van der Waals surface area contributed by atoms with Gasteiger partial charge < -0.3 is 28.8 Å². The second-order valence-electron chi connectivity index (χ2n) is 9.05. The first kappa shape index (κ1) is 25.2. The Balaban J connectivity index is 1.25. The minimum absolute atomic E-state index is 0.254. The number of aromatic nitrogens is 1. The summed E-state index contributed by atoms with van der Waals surface area (Å²) >= 11 is 0. The molecule has 4 rings (SSSR count). The number of likely N-dealkylation sites (tertiary alicyclic amines) is 1. The molecule has 1 fully saturated rings. The average molecular weight is 481 g/mol. The summed E-state index contributed by atoms with van der Waals surface area (Å²) in [4.78, 5) is 13.6. The number of hydrogen-bond donors (Lipinski definition) is 1. The fourth-order valence-electron chi connectivity index (χ4n) is 4.86. The van der Waals surface area contributed by atoms with E-state index in [-0.39, 0.29) is 5.56 Å². The Morgan fingerprint density at radius 2 is 1.83 bits per heavy atom. The summed E-state index contributed by atoms with van der Waals surface area (Å²) in [7, 11) is 1.69. The van der Waals surface area contributed by atoms with Gasteiger partial charge in [0.05, 0.1) is 32.0 Å². The zero-order chi connectivity index (χ0) is 24.5. The number of ether oxygens (including phenoxy) is 3. The number of carboxylic acids is 1. The summed E-state index contributed by atoms with van der Waals surface area (Å²) in [6.07, 6.45) is 5.56. The maximum Gasteiger partial charge on any atom is 0.335 e. The number of methoxy groups -OCH3 is 1. The van der Waals surface area contributed by atoms with Crippen molar-refractivity contribution in [2.45, 2.75) is 31.7 Å². The molecule has 0 aliphatic carbocycles. The molecule has 0 radical (unpaired) electrons. The number of carbonyl (C=O) groups is 1. The van der Waals surface area contributed by atoms with E-state index in [1.165, 1.54) is 16.5 Å². The molecule has 0 spiro atoms. The molecule has 0 bridgehead atoms. The van der Waals surface area contributed by atoms with Crippen LogP contribution in [0, 0.1) is 0 Å². The van der Waals surface area contributed by atoms with Crippen molar-refractivity contribution in [3.8, 4) is 5.75 Å². The molecule has 2 aromatic carbocycles. The number of nitrogens with zero attached hydrogens (tertiary/aromatic N) is 2. The third-order valence-corrected chi connectivity index (χ3v) is 6.72. The normalized spacial score (nSPS) is 15.0. The number of rotatable bonds is 13. The van der Waals surface area contributed by atoms with Gasteiger partial charge in [-0.25, -0.2) is 4.79 Å². The summed E-state index contributed by atoms with van der Waals surface area (Å²) in [5.74, 6) is 0.253. The number of aromatic carboxylic acids is 1. The van der Waals surface area contributed by atoms with Gasteiger partial charge in [0.1, 0.15) is 5.75 Å². The molecule has 188 valence electrons. The van der Waals surface area contributed by atoms with E-state index in [0.717, 1.165) is 45.4 Å². The molecule has 0 saturated carbocycles. The number of benzene rings is 2. The maximum atomic E-state index is 11.1. The summed E-state index contributed by atoms with van der Waals surface area (Å²) in [5, 5.41) is 10.5. The number of hydrogen-bond acceptors (Lipinski definition) is 5. The van der Waals surface area contributed by atoms with Crippen molar-refractivity contribution in [2.24, 2.45) is 0 Å². The topological polar surface area (TPSA) is 73.2 Å². The molecule has 1 saturated heterocycles. The molecular weight excluding hydrogens is 444 g/mol. The van der Waals surface area contributed by atoms with Crippen LogP contribution in [-0.4, -0.2) is 73.7 Å². The summed E-state index contributed by atoms with van der Waals surface area (Å²) < 4.78 is 18.9. The van der Waals surface area contributed by atoms with Crippen LogP contribution in [0.3, 0.4) is 0 Å². The number of carboxylic acid groups (broad SMARTS) is 1. The van der Waals surface area contributed by atoms with Crippen LogP contribution in [0.4, 0.5) is 0 Å². The van der Waals surface area contributed by atoms with Crippen molar-refractivity contribution in [3.63, 3.8) is 0 Å². The van der Waals surface area contributed by atoms with E-state index in [2.05, 4.69) is 39.9 Å². The monoisotopic (exact) mass is 480 g/mol. The summed E-state index contributed by atoms with van der Waals surface area (Å²) in [5.41, 5.74) is 2.99. The van der Waals surface area contributed by atoms with Crippen molar-refractivity contribution >= 4 is 16.9 Å². The van der Waals surface area contributed by atoms with E-state index in [1.54, 1.807) is 31.4 Å². The van der Waals surface area contributed by atoms with E-state index in [1.807, 2.05) is 0 Å². The molecule has 35 heavy (non-hydrogen) atoms. The van der Waals surface area contributed by atoms with E-state index in [0.29, 0.717) is 38.1 Å². The number of fused-ring (bicyclic) bond motifs is 1. The van der Waals surface area contributed by atoms with Gasteiger partial charge in [-0.1, -0.05) is 24.3 Å². The zero-order valence-corrected chi connectivity index (χ0v) is 20.5. The fraction of sp³-hybridized carbons (Fsp3) is 0.464. The highest BCUT2D eigenvalue weighted by atomic mass is 16.5. The lowest BCUT2D eigenvalue weighted by atomic mass is 9.89. The highest BCUT2D eigenvalue weighted by Gasteiger charge is 2.23. The summed E-state index contributed by atoms with van der Waals surface area (Å²) in [6, 6.07) is 15.4. The second-order valence-corrected chi connectivity index (χ2v) is 9.05. The van der Waals surface area contributed by atoms with Crippen LogP contribution in [0.2, 0.25) is 0 Å². The molecule has 0 unspecified atom stereocenters. The van der Waals surface area contributed by atoms with Gasteiger partial charge >= 0.3 is 5.97 Å². The van der Waals surface area contributed by atoms with Gasteiger partial charge in [-0.15, -0.1) is 0 Å². The van der Waals surface area contributed by atoms with Gasteiger partial charge in [-0.3, -0.25) is 0 Å².